The van der Waals surface area contributed by atoms with E-state index in [1.54, 1.807) is 0 Å². The average molecular weight is 392 g/mol. The molecule has 2 N–H and O–H groups in total. The number of hydrogen-bond donors (Lipinski definition) is 2. The van der Waals surface area contributed by atoms with E-state index in [2.05, 4.69) is 26.8 Å². The van der Waals surface area contributed by atoms with E-state index in [-0.39, 0.29) is 40.9 Å². The average Bonchev–Trinajstić information content (AvgIpc) is 2.68. The normalized spacial score (nSPS) is 24.1. The van der Waals surface area contributed by atoms with Crippen molar-refractivity contribution in [1.82, 2.24) is 0 Å². The van der Waals surface area contributed by atoms with E-state index in [0.717, 1.165) is 18.4 Å². The van der Waals surface area contributed by atoms with Crippen LogP contribution in [0.5, 0.6) is 17.2 Å². The molecule has 152 valence electrons. The summed E-state index contributed by atoms with van der Waals surface area (Å²) in [4.78, 5) is 13.0. The van der Waals surface area contributed by atoms with Crippen molar-refractivity contribution in [3.8, 4) is 17.2 Å². The number of phenolic OH excluding ortho intramolecular Hbond substituents is 2. The second kappa shape index (κ2) is 7.58. The maximum atomic E-state index is 13.0. The Kier molecular flexibility index (Phi) is 5.12. The van der Waals surface area contributed by atoms with Crippen LogP contribution in [0.25, 0.3) is 0 Å². The van der Waals surface area contributed by atoms with E-state index in [4.69, 9.17) is 4.74 Å². The minimum absolute atomic E-state index is 0.00985. The summed E-state index contributed by atoms with van der Waals surface area (Å²) in [5.41, 5.74) is 2.80. The predicted molar refractivity (Wildman–Crippen MR) is 113 cm³/mol. The van der Waals surface area contributed by atoms with E-state index in [9.17, 15) is 15.0 Å². The van der Waals surface area contributed by atoms with Gasteiger partial charge in [0.1, 0.15) is 28.9 Å². The number of aromatic hydroxyl groups is 2. The molecule has 0 amide bonds. The summed E-state index contributed by atoms with van der Waals surface area (Å²) in [5.74, 6) is 0.540. The molecular formula is C25H28O4. The third-order valence-electron chi connectivity index (χ3n) is 6.36. The van der Waals surface area contributed by atoms with Gasteiger partial charge in [-0.05, 0) is 37.2 Å². The first-order valence-corrected chi connectivity index (χ1v) is 10.4. The van der Waals surface area contributed by atoms with E-state index < -0.39 is 6.10 Å². The van der Waals surface area contributed by atoms with E-state index >= 15 is 0 Å². The number of carbonyl (C=O) groups excluding carboxylic acids is 1. The van der Waals surface area contributed by atoms with E-state index in [0.29, 0.717) is 17.4 Å². The van der Waals surface area contributed by atoms with Crippen LogP contribution in [0.2, 0.25) is 0 Å². The minimum Gasteiger partial charge on any atom is -0.507 e. The third-order valence-corrected chi connectivity index (χ3v) is 6.36. The van der Waals surface area contributed by atoms with Crippen LogP contribution in [-0.2, 0) is 0 Å². The minimum atomic E-state index is -0.416. The van der Waals surface area contributed by atoms with Crippen LogP contribution in [0.15, 0.2) is 48.0 Å². The van der Waals surface area contributed by atoms with Crippen LogP contribution in [-0.4, -0.2) is 16.0 Å². The van der Waals surface area contributed by atoms with Gasteiger partial charge in [0, 0.05) is 17.5 Å². The summed E-state index contributed by atoms with van der Waals surface area (Å²) >= 11 is 0. The largest absolute Gasteiger partial charge is 0.507 e. The standard InChI is InChI=1S/C25H28O4/c1-14(2)17-10-9-15(3)11-18(17)23-19(26)13-22-24(25(23)28)20(27)12-21(29-22)16-7-5-4-6-8-16/h4-8,11,13-14,17-18,21,26,28H,9-10,12H2,1-3H3/t17-,18+,21+/m1/s1. The van der Waals surface area contributed by atoms with Gasteiger partial charge in [0.2, 0.25) is 0 Å². The number of rotatable bonds is 3. The first-order valence-electron chi connectivity index (χ1n) is 10.4. The molecule has 4 nitrogen and oxygen atoms in total. The molecule has 1 aliphatic heterocycles. The molecule has 2 aromatic rings. The number of phenols is 2. The Hall–Kier alpha value is -2.75. The van der Waals surface area contributed by atoms with Crippen molar-refractivity contribution in [2.24, 2.45) is 11.8 Å². The molecule has 4 heteroatoms. The molecule has 29 heavy (non-hydrogen) atoms. The lowest BCUT2D eigenvalue weighted by Crippen LogP contribution is -2.24. The summed E-state index contributed by atoms with van der Waals surface area (Å²) in [7, 11) is 0. The second-order valence-electron chi connectivity index (χ2n) is 8.66. The zero-order chi connectivity index (χ0) is 20.7. The van der Waals surface area contributed by atoms with Gasteiger partial charge in [0.15, 0.2) is 5.78 Å². The molecule has 2 aliphatic rings. The fraction of sp³-hybridized carbons (Fsp3) is 0.400. The maximum absolute atomic E-state index is 13.0. The molecule has 0 radical (unpaired) electrons. The fourth-order valence-corrected chi connectivity index (χ4v) is 4.79. The lowest BCUT2D eigenvalue weighted by atomic mass is 9.71. The van der Waals surface area contributed by atoms with Crippen LogP contribution in [0.1, 0.15) is 73.5 Å². The van der Waals surface area contributed by atoms with Crippen molar-refractivity contribution in [2.45, 2.75) is 52.1 Å². The van der Waals surface area contributed by atoms with Gasteiger partial charge in [-0.3, -0.25) is 4.79 Å². The molecule has 0 aromatic heterocycles. The van der Waals surface area contributed by atoms with Gasteiger partial charge in [-0.1, -0.05) is 55.8 Å². The summed E-state index contributed by atoms with van der Waals surface area (Å²) in [6.07, 6.45) is 3.91. The van der Waals surface area contributed by atoms with E-state index in [1.807, 2.05) is 30.3 Å². The topological polar surface area (TPSA) is 66.8 Å². The SMILES string of the molecule is CC1=C[C@H](c2c(O)cc3c(c2O)C(=O)C[C@@H](c2ccccc2)O3)[C@@H](C(C)C)CC1. The van der Waals surface area contributed by atoms with Gasteiger partial charge in [0.05, 0.1) is 6.42 Å². The van der Waals surface area contributed by atoms with Crippen LogP contribution >= 0.6 is 0 Å². The second-order valence-corrected chi connectivity index (χ2v) is 8.66. The van der Waals surface area contributed by atoms with Crippen molar-refractivity contribution in [3.63, 3.8) is 0 Å². The van der Waals surface area contributed by atoms with Gasteiger partial charge < -0.3 is 14.9 Å². The molecule has 3 atom stereocenters. The molecule has 1 heterocycles. The summed E-state index contributed by atoms with van der Waals surface area (Å²) in [6.45, 7) is 6.41. The Morgan fingerprint density at radius 1 is 1.14 bits per heavy atom. The summed E-state index contributed by atoms with van der Waals surface area (Å²) < 4.78 is 6.03. The van der Waals surface area contributed by atoms with E-state index in [1.165, 1.54) is 11.6 Å². The number of Topliss-reactive ketones (excluding diaryl/α,β-unsaturated/α-hetero) is 1. The van der Waals surface area contributed by atoms with Crippen LogP contribution in [0, 0.1) is 11.8 Å². The maximum Gasteiger partial charge on any atom is 0.174 e. The monoisotopic (exact) mass is 392 g/mol. The molecule has 4 rings (SSSR count). The molecular weight excluding hydrogens is 364 g/mol. The van der Waals surface area contributed by atoms with Crippen LogP contribution in [0.4, 0.5) is 0 Å². The Morgan fingerprint density at radius 2 is 1.86 bits per heavy atom. The van der Waals surface area contributed by atoms with Gasteiger partial charge >= 0.3 is 0 Å². The summed E-state index contributed by atoms with van der Waals surface area (Å²) in [6, 6.07) is 11.1. The molecule has 0 unspecified atom stereocenters. The molecule has 1 aliphatic carbocycles. The van der Waals surface area contributed by atoms with Crippen LogP contribution < -0.4 is 4.74 Å². The highest BCUT2D eigenvalue weighted by molar-refractivity contribution is 6.03. The zero-order valence-corrected chi connectivity index (χ0v) is 17.2. The molecule has 0 bridgehead atoms. The highest BCUT2D eigenvalue weighted by Gasteiger charge is 2.37. The molecule has 0 saturated heterocycles. The number of ketones is 1. The first kappa shape index (κ1) is 19.6. The predicted octanol–water partition coefficient (Wildman–Crippen LogP) is 5.90. The Labute approximate surface area is 171 Å². The summed E-state index contributed by atoms with van der Waals surface area (Å²) in [5, 5.41) is 21.9. The van der Waals surface area contributed by atoms with Crippen molar-refractivity contribution >= 4 is 5.78 Å². The number of hydrogen-bond acceptors (Lipinski definition) is 4. The lowest BCUT2D eigenvalue weighted by Gasteiger charge is -2.35. The number of carbonyl (C=O) groups is 1. The Morgan fingerprint density at radius 3 is 2.55 bits per heavy atom. The third kappa shape index (κ3) is 3.52. The number of allylic oxidation sites excluding steroid dienone is 2. The quantitative estimate of drug-likeness (QED) is 0.638. The lowest BCUT2D eigenvalue weighted by molar-refractivity contribution is 0.0844. The molecule has 0 fully saturated rings. The fourth-order valence-electron chi connectivity index (χ4n) is 4.79. The number of benzene rings is 2. The number of ether oxygens (including phenoxy) is 1. The Bertz CT molecular complexity index is 959. The molecule has 0 spiro atoms. The zero-order valence-electron chi connectivity index (χ0n) is 17.2. The molecule has 2 aromatic carbocycles. The van der Waals surface area contributed by atoms with Crippen molar-refractivity contribution in [3.05, 3.63) is 64.7 Å². The van der Waals surface area contributed by atoms with Crippen molar-refractivity contribution < 1.29 is 19.7 Å². The van der Waals surface area contributed by atoms with Crippen molar-refractivity contribution in [1.29, 1.82) is 0 Å². The molecule has 0 saturated carbocycles. The van der Waals surface area contributed by atoms with Crippen LogP contribution in [0.3, 0.4) is 0 Å². The van der Waals surface area contributed by atoms with Gasteiger partial charge in [-0.2, -0.15) is 0 Å². The number of fused-ring (bicyclic) bond motifs is 1. The van der Waals surface area contributed by atoms with Gasteiger partial charge in [-0.15, -0.1) is 0 Å². The van der Waals surface area contributed by atoms with Gasteiger partial charge in [0.25, 0.3) is 0 Å². The first-order chi connectivity index (χ1) is 13.9. The highest BCUT2D eigenvalue weighted by Crippen LogP contribution is 2.51. The highest BCUT2D eigenvalue weighted by atomic mass is 16.5. The Balaban J connectivity index is 1.78. The smallest absolute Gasteiger partial charge is 0.174 e. The van der Waals surface area contributed by atoms with Gasteiger partial charge in [-0.25, -0.2) is 0 Å². The van der Waals surface area contributed by atoms with Crippen molar-refractivity contribution in [2.75, 3.05) is 0 Å².